The maximum atomic E-state index is 14.5. The van der Waals surface area contributed by atoms with Gasteiger partial charge in [-0.3, -0.25) is 0 Å². The second-order valence-corrected chi connectivity index (χ2v) is 6.04. The predicted molar refractivity (Wildman–Crippen MR) is 83.7 cm³/mol. The van der Waals surface area contributed by atoms with Crippen LogP contribution in [0.3, 0.4) is 0 Å². The van der Waals surface area contributed by atoms with Gasteiger partial charge in [-0.1, -0.05) is 19.9 Å². The molecule has 2 nitrogen and oxygen atoms in total. The predicted octanol–water partition coefficient (Wildman–Crippen LogP) is 4.12. The average Bonchev–Trinajstić information content (AvgIpc) is 2.42. The van der Waals surface area contributed by atoms with Crippen molar-refractivity contribution in [1.29, 1.82) is 0 Å². The van der Waals surface area contributed by atoms with Crippen LogP contribution in [0.15, 0.2) is 18.2 Å². The third kappa shape index (κ3) is 3.14. The SMILES string of the molecule is CCNC(C)c1ccc(N2CCCC(C)C2C)c(F)c1. The number of nitrogens with zero attached hydrogens (tertiary/aromatic N) is 1. The quantitative estimate of drug-likeness (QED) is 0.891. The van der Waals surface area contributed by atoms with E-state index in [-0.39, 0.29) is 11.9 Å². The van der Waals surface area contributed by atoms with E-state index < -0.39 is 0 Å². The van der Waals surface area contributed by atoms with Gasteiger partial charge in [0.25, 0.3) is 0 Å². The first-order valence-corrected chi connectivity index (χ1v) is 7.84. The summed E-state index contributed by atoms with van der Waals surface area (Å²) in [5.74, 6) is 0.539. The first-order chi connectivity index (χ1) is 9.54. The van der Waals surface area contributed by atoms with Crippen molar-refractivity contribution < 1.29 is 4.39 Å². The van der Waals surface area contributed by atoms with Gasteiger partial charge >= 0.3 is 0 Å². The van der Waals surface area contributed by atoms with Crippen molar-refractivity contribution in [1.82, 2.24) is 5.32 Å². The van der Waals surface area contributed by atoms with E-state index >= 15 is 0 Å². The zero-order chi connectivity index (χ0) is 14.7. The Kier molecular flexibility index (Phi) is 5.03. The first kappa shape index (κ1) is 15.3. The third-order valence-electron chi connectivity index (χ3n) is 4.67. The number of benzene rings is 1. The molecule has 1 aliphatic heterocycles. The summed E-state index contributed by atoms with van der Waals surface area (Å²) in [6.45, 7) is 10.5. The molecule has 0 spiro atoms. The van der Waals surface area contributed by atoms with E-state index in [1.165, 1.54) is 6.42 Å². The van der Waals surface area contributed by atoms with Crippen molar-refractivity contribution in [2.75, 3.05) is 18.0 Å². The van der Waals surface area contributed by atoms with E-state index in [2.05, 4.69) is 44.0 Å². The second kappa shape index (κ2) is 6.57. The number of halogens is 1. The van der Waals surface area contributed by atoms with Crippen molar-refractivity contribution in [3.8, 4) is 0 Å². The molecule has 3 unspecified atom stereocenters. The fourth-order valence-corrected chi connectivity index (χ4v) is 3.12. The second-order valence-electron chi connectivity index (χ2n) is 6.04. The maximum absolute atomic E-state index is 14.5. The molecule has 3 atom stereocenters. The van der Waals surface area contributed by atoms with E-state index in [4.69, 9.17) is 0 Å². The minimum absolute atomic E-state index is 0.0896. The van der Waals surface area contributed by atoms with Crippen molar-refractivity contribution in [2.24, 2.45) is 5.92 Å². The highest BCUT2D eigenvalue weighted by Gasteiger charge is 2.26. The van der Waals surface area contributed by atoms with Crippen molar-refractivity contribution in [2.45, 2.75) is 52.6 Å². The summed E-state index contributed by atoms with van der Waals surface area (Å²) >= 11 is 0. The lowest BCUT2D eigenvalue weighted by Gasteiger charge is -2.39. The molecule has 1 heterocycles. The molecule has 2 rings (SSSR count). The van der Waals surface area contributed by atoms with E-state index in [0.29, 0.717) is 12.0 Å². The molecule has 0 saturated carbocycles. The fourth-order valence-electron chi connectivity index (χ4n) is 3.12. The molecule has 0 aromatic heterocycles. The number of rotatable bonds is 4. The van der Waals surface area contributed by atoms with Gasteiger partial charge in [-0.15, -0.1) is 0 Å². The Hall–Kier alpha value is -1.09. The van der Waals surface area contributed by atoms with Crippen LogP contribution in [0.25, 0.3) is 0 Å². The zero-order valence-electron chi connectivity index (χ0n) is 13.1. The lowest BCUT2D eigenvalue weighted by atomic mass is 9.91. The summed E-state index contributed by atoms with van der Waals surface area (Å²) < 4.78 is 14.5. The fraction of sp³-hybridized carbons (Fsp3) is 0.647. The summed E-state index contributed by atoms with van der Waals surface area (Å²) in [7, 11) is 0. The van der Waals surface area contributed by atoms with Crippen LogP contribution in [0, 0.1) is 11.7 Å². The molecule has 1 aliphatic rings. The Bertz CT molecular complexity index is 447. The molecular formula is C17H27FN2. The highest BCUT2D eigenvalue weighted by molar-refractivity contribution is 5.51. The zero-order valence-corrected chi connectivity index (χ0v) is 13.1. The number of nitrogens with one attached hydrogen (secondary N) is 1. The molecule has 0 amide bonds. The molecule has 1 fully saturated rings. The van der Waals surface area contributed by atoms with Crippen LogP contribution in [0.5, 0.6) is 0 Å². The van der Waals surface area contributed by atoms with Crippen LogP contribution in [0.1, 0.15) is 52.1 Å². The van der Waals surface area contributed by atoms with Crippen molar-refractivity contribution in [3.05, 3.63) is 29.6 Å². The standard InChI is InChI=1S/C17H27FN2/c1-5-19-13(3)15-8-9-17(16(18)11-15)20-10-6-7-12(2)14(20)4/h8-9,11-14,19H,5-7,10H2,1-4H3. The van der Waals surface area contributed by atoms with Gasteiger partial charge < -0.3 is 10.2 Å². The smallest absolute Gasteiger partial charge is 0.146 e. The number of anilines is 1. The minimum Gasteiger partial charge on any atom is -0.366 e. The lowest BCUT2D eigenvalue weighted by Crippen LogP contribution is -2.42. The summed E-state index contributed by atoms with van der Waals surface area (Å²) in [6, 6.07) is 6.30. The van der Waals surface area contributed by atoms with Crippen molar-refractivity contribution >= 4 is 5.69 Å². The van der Waals surface area contributed by atoms with Gasteiger partial charge in [-0.2, -0.15) is 0 Å². The van der Waals surface area contributed by atoms with Gasteiger partial charge in [-0.25, -0.2) is 4.39 Å². The highest BCUT2D eigenvalue weighted by atomic mass is 19.1. The van der Waals surface area contributed by atoms with E-state index in [1.807, 2.05) is 6.07 Å². The Morgan fingerprint density at radius 3 is 2.80 bits per heavy atom. The maximum Gasteiger partial charge on any atom is 0.146 e. The molecule has 1 N–H and O–H groups in total. The molecule has 0 bridgehead atoms. The minimum atomic E-state index is -0.0896. The van der Waals surface area contributed by atoms with Gasteiger partial charge in [-0.05, 0) is 56.8 Å². The average molecular weight is 278 g/mol. The Morgan fingerprint density at radius 1 is 1.40 bits per heavy atom. The van der Waals surface area contributed by atoms with Crippen LogP contribution in [-0.4, -0.2) is 19.1 Å². The van der Waals surface area contributed by atoms with Crippen LogP contribution in [-0.2, 0) is 0 Å². The third-order valence-corrected chi connectivity index (χ3v) is 4.67. The van der Waals surface area contributed by atoms with Crippen LogP contribution in [0.2, 0.25) is 0 Å². The summed E-state index contributed by atoms with van der Waals surface area (Å²) in [4.78, 5) is 2.23. The monoisotopic (exact) mass is 278 g/mol. The number of hydrogen-bond donors (Lipinski definition) is 1. The van der Waals surface area contributed by atoms with Gasteiger partial charge in [0.2, 0.25) is 0 Å². The van der Waals surface area contributed by atoms with Crippen molar-refractivity contribution in [3.63, 3.8) is 0 Å². The Balaban J connectivity index is 2.21. The molecule has 1 aromatic rings. The van der Waals surface area contributed by atoms with Crippen LogP contribution < -0.4 is 10.2 Å². The van der Waals surface area contributed by atoms with E-state index in [1.54, 1.807) is 6.07 Å². The van der Waals surface area contributed by atoms with Crippen LogP contribution in [0.4, 0.5) is 10.1 Å². The summed E-state index contributed by atoms with van der Waals surface area (Å²) in [5, 5.41) is 3.32. The van der Waals surface area contributed by atoms with Crippen LogP contribution >= 0.6 is 0 Å². The Labute approximate surface area is 122 Å². The molecule has 3 heteroatoms. The molecule has 1 aromatic carbocycles. The molecule has 0 aliphatic carbocycles. The number of hydrogen-bond acceptors (Lipinski definition) is 2. The first-order valence-electron chi connectivity index (χ1n) is 7.84. The Morgan fingerprint density at radius 2 is 2.15 bits per heavy atom. The van der Waals surface area contributed by atoms with Gasteiger partial charge in [0, 0.05) is 18.6 Å². The lowest BCUT2D eigenvalue weighted by molar-refractivity contribution is 0.360. The summed E-state index contributed by atoms with van der Waals surface area (Å²) in [5.41, 5.74) is 1.78. The molecule has 112 valence electrons. The molecular weight excluding hydrogens is 251 g/mol. The van der Waals surface area contributed by atoms with Gasteiger partial charge in [0.05, 0.1) is 5.69 Å². The summed E-state index contributed by atoms with van der Waals surface area (Å²) in [6.07, 6.45) is 2.40. The number of piperidine rings is 1. The van der Waals surface area contributed by atoms with E-state index in [0.717, 1.165) is 30.8 Å². The molecule has 0 radical (unpaired) electrons. The largest absolute Gasteiger partial charge is 0.366 e. The van der Waals surface area contributed by atoms with Gasteiger partial charge in [0.15, 0.2) is 0 Å². The highest BCUT2D eigenvalue weighted by Crippen LogP contribution is 2.31. The normalized spacial score (nSPS) is 24.8. The molecule has 1 saturated heterocycles. The van der Waals surface area contributed by atoms with E-state index in [9.17, 15) is 4.39 Å². The molecule has 20 heavy (non-hydrogen) atoms. The topological polar surface area (TPSA) is 15.3 Å². The van der Waals surface area contributed by atoms with Gasteiger partial charge in [0.1, 0.15) is 5.82 Å².